The molecular weight excluding hydrogens is 404 g/mol. The van der Waals surface area contributed by atoms with Crippen LogP contribution < -0.4 is 10.1 Å². The number of benzene rings is 2. The molecule has 0 radical (unpaired) electrons. The quantitative estimate of drug-likeness (QED) is 0.304. The number of anilines is 1. The number of nitrogens with zero attached hydrogens (tertiary/aromatic N) is 3. The molecule has 7 nitrogen and oxygen atoms in total. The van der Waals surface area contributed by atoms with Crippen molar-refractivity contribution >= 4 is 22.6 Å². The van der Waals surface area contributed by atoms with Gasteiger partial charge < -0.3 is 19.4 Å². The molecule has 0 saturated heterocycles. The van der Waals surface area contributed by atoms with Crippen molar-refractivity contribution in [3.8, 4) is 16.9 Å². The van der Waals surface area contributed by atoms with Gasteiger partial charge in [0.15, 0.2) is 0 Å². The SMILES string of the molecule is CCOC(=O)c1cnc2ccc(-c3ccc(OC)cc3)cc2c1NCCCn1ccnc1. The number of carbonyl (C=O) groups is 1. The van der Waals surface area contributed by atoms with E-state index in [2.05, 4.69) is 21.4 Å². The third-order valence-corrected chi connectivity index (χ3v) is 5.24. The number of aromatic nitrogens is 3. The standard InChI is InChI=1S/C25H26N4O3/c1-3-32-25(30)22-16-28-23-10-7-19(18-5-8-20(31-2)9-6-18)15-21(23)24(22)27-11-4-13-29-14-12-26-17-29/h5-10,12,14-17H,3-4,11,13H2,1-2H3,(H,27,28). The topological polar surface area (TPSA) is 78.3 Å². The van der Waals surface area contributed by atoms with Gasteiger partial charge in [0.25, 0.3) is 0 Å². The second-order valence-electron chi connectivity index (χ2n) is 7.31. The zero-order chi connectivity index (χ0) is 22.3. The molecule has 0 aliphatic carbocycles. The Kier molecular flexibility index (Phi) is 6.65. The number of methoxy groups -OCH3 is 1. The van der Waals surface area contributed by atoms with Crippen LogP contribution in [0.3, 0.4) is 0 Å². The van der Waals surface area contributed by atoms with Gasteiger partial charge in [0, 0.05) is 37.1 Å². The number of esters is 1. The van der Waals surface area contributed by atoms with E-state index in [-0.39, 0.29) is 5.97 Å². The number of hydrogen-bond acceptors (Lipinski definition) is 6. The summed E-state index contributed by atoms with van der Waals surface area (Å²) >= 11 is 0. The fraction of sp³-hybridized carbons (Fsp3) is 0.240. The third-order valence-electron chi connectivity index (χ3n) is 5.24. The van der Waals surface area contributed by atoms with Crippen molar-refractivity contribution in [1.82, 2.24) is 14.5 Å². The molecule has 0 spiro atoms. The fourth-order valence-electron chi connectivity index (χ4n) is 3.60. The minimum atomic E-state index is -0.381. The second kappa shape index (κ2) is 9.96. The predicted octanol–water partition coefficient (Wildman–Crippen LogP) is 4.79. The number of fused-ring (bicyclic) bond motifs is 1. The van der Waals surface area contributed by atoms with Crippen LogP contribution in [0.1, 0.15) is 23.7 Å². The van der Waals surface area contributed by atoms with E-state index >= 15 is 0 Å². The average molecular weight is 431 g/mol. The summed E-state index contributed by atoms with van der Waals surface area (Å²) in [5.74, 6) is 0.426. The number of imidazole rings is 1. The van der Waals surface area contributed by atoms with Gasteiger partial charge in [0.1, 0.15) is 11.3 Å². The fourth-order valence-corrected chi connectivity index (χ4v) is 3.60. The van der Waals surface area contributed by atoms with Gasteiger partial charge in [0.2, 0.25) is 0 Å². The Labute approximate surface area is 187 Å². The molecule has 0 aliphatic heterocycles. The number of aryl methyl sites for hydroxylation is 1. The molecule has 0 atom stereocenters. The molecule has 4 aromatic rings. The molecule has 32 heavy (non-hydrogen) atoms. The molecule has 0 fully saturated rings. The van der Waals surface area contributed by atoms with E-state index in [9.17, 15) is 4.79 Å². The highest BCUT2D eigenvalue weighted by Crippen LogP contribution is 2.31. The number of ether oxygens (including phenoxy) is 2. The lowest BCUT2D eigenvalue weighted by Crippen LogP contribution is -2.13. The van der Waals surface area contributed by atoms with Gasteiger partial charge in [-0.15, -0.1) is 0 Å². The summed E-state index contributed by atoms with van der Waals surface area (Å²) in [4.78, 5) is 21.2. The molecule has 2 aromatic carbocycles. The molecule has 0 bridgehead atoms. The number of carbonyl (C=O) groups excluding carboxylic acids is 1. The summed E-state index contributed by atoms with van der Waals surface area (Å²) < 4.78 is 12.6. The van der Waals surface area contributed by atoms with Gasteiger partial charge in [-0.3, -0.25) is 4.98 Å². The van der Waals surface area contributed by atoms with Crippen LogP contribution in [0.15, 0.2) is 67.4 Å². The van der Waals surface area contributed by atoms with E-state index in [0.29, 0.717) is 18.7 Å². The van der Waals surface area contributed by atoms with Gasteiger partial charge >= 0.3 is 5.97 Å². The van der Waals surface area contributed by atoms with Gasteiger partial charge in [0.05, 0.1) is 31.2 Å². The Hall–Kier alpha value is -3.87. The van der Waals surface area contributed by atoms with Crippen LogP contribution in [0.5, 0.6) is 5.75 Å². The Morgan fingerprint density at radius 3 is 2.66 bits per heavy atom. The lowest BCUT2D eigenvalue weighted by atomic mass is 10.0. The van der Waals surface area contributed by atoms with Crippen molar-refractivity contribution in [2.45, 2.75) is 19.9 Å². The summed E-state index contributed by atoms with van der Waals surface area (Å²) in [6, 6.07) is 14.0. The van der Waals surface area contributed by atoms with Gasteiger partial charge in [-0.25, -0.2) is 9.78 Å². The zero-order valence-corrected chi connectivity index (χ0v) is 18.2. The second-order valence-corrected chi connectivity index (χ2v) is 7.31. The molecule has 164 valence electrons. The summed E-state index contributed by atoms with van der Waals surface area (Å²) in [6.45, 7) is 3.63. The van der Waals surface area contributed by atoms with E-state index < -0.39 is 0 Å². The van der Waals surface area contributed by atoms with Crippen LogP contribution in [0, 0.1) is 0 Å². The van der Waals surface area contributed by atoms with Crippen molar-refractivity contribution in [2.75, 3.05) is 25.6 Å². The van der Waals surface area contributed by atoms with Gasteiger partial charge in [-0.2, -0.15) is 0 Å². The highest BCUT2D eigenvalue weighted by atomic mass is 16.5. The Balaban J connectivity index is 1.67. The first kappa shape index (κ1) is 21.4. The minimum Gasteiger partial charge on any atom is -0.497 e. The first-order valence-corrected chi connectivity index (χ1v) is 10.6. The summed E-state index contributed by atoms with van der Waals surface area (Å²) in [5, 5.41) is 4.34. The maximum absolute atomic E-state index is 12.6. The number of pyridine rings is 1. The molecule has 1 N–H and O–H groups in total. The van der Waals surface area contributed by atoms with Crippen LogP contribution >= 0.6 is 0 Å². The predicted molar refractivity (Wildman–Crippen MR) is 125 cm³/mol. The molecule has 0 unspecified atom stereocenters. The Morgan fingerprint density at radius 1 is 1.12 bits per heavy atom. The summed E-state index contributed by atoms with van der Waals surface area (Å²) in [7, 11) is 1.65. The van der Waals surface area contributed by atoms with Crippen molar-refractivity contribution in [2.24, 2.45) is 0 Å². The monoisotopic (exact) mass is 430 g/mol. The maximum atomic E-state index is 12.6. The Morgan fingerprint density at radius 2 is 1.94 bits per heavy atom. The van der Waals surface area contributed by atoms with E-state index in [4.69, 9.17) is 9.47 Å². The van der Waals surface area contributed by atoms with Crippen molar-refractivity contribution < 1.29 is 14.3 Å². The van der Waals surface area contributed by atoms with Crippen LogP contribution in [-0.2, 0) is 11.3 Å². The third kappa shape index (κ3) is 4.72. The highest BCUT2D eigenvalue weighted by molar-refractivity contribution is 6.05. The maximum Gasteiger partial charge on any atom is 0.341 e. The van der Waals surface area contributed by atoms with Crippen LogP contribution in [0.2, 0.25) is 0 Å². The molecule has 0 amide bonds. The molecular formula is C25H26N4O3. The largest absolute Gasteiger partial charge is 0.497 e. The van der Waals surface area contributed by atoms with E-state index in [1.807, 2.05) is 47.2 Å². The molecule has 0 saturated carbocycles. The molecule has 2 heterocycles. The normalized spacial score (nSPS) is 10.8. The average Bonchev–Trinajstić information content (AvgIpc) is 3.35. The molecule has 4 rings (SSSR count). The van der Waals surface area contributed by atoms with Gasteiger partial charge in [-0.1, -0.05) is 18.2 Å². The van der Waals surface area contributed by atoms with Gasteiger partial charge in [-0.05, 0) is 48.7 Å². The molecule has 2 aromatic heterocycles. The number of hydrogen-bond donors (Lipinski definition) is 1. The number of nitrogens with one attached hydrogen (secondary N) is 1. The Bertz CT molecular complexity index is 1190. The van der Waals surface area contributed by atoms with E-state index in [1.165, 1.54) is 0 Å². The smallest absolute Gasteiger partial charge is 0.341 e. The zero-order valence-electron chi connectivity index (χ0n) is 18.2. The highest BCUT2D eigenvalue weighted by Gasteiger charge is 2.17. The summed E-state index contributed by atoms with van der Waals surface area (Å²) in [5.41, 5.74) is 4.08. The van der Waals surface area contributed by atoms with Crippen LogP contribution in [-0.4, -0.2) is 40.8 Å². The van der Waals surface area contributed by atoms with Crippen molar-refractivity contribution in [3.63, 3.8) is 0 Å². The minimum absolute atomic E-state index is 0.308. The van der Waals surface area contributed by atoms with E-state index in [1.54, 1.807) is 32.8 Å². The van der Waals surface area contributed by atoms with Crippen molar-refractivity contribution in [3.05, 3.63) is 72.9 Å². The van der Waals surface area contributed by atoms with Crippen molar-refractivity contribution in [1.29, 1.82) is 0 Å². The summed E-state index contributed by atoms with van der Waals surface area (Å²) in [6.07, 6.45) is 7.97. The van der Waals surface area contributed by atoms with E-state index in [0.717, 1.165) is 46.4 Å². The molecule has 0 aliphatic rings. The van der Waals surface area contributed by atoms with Crippen LogP contribution in [0.25, 0.3) is 22.0 Å². The van der Waals surface area contributed by atoms with Crippen LogP contribution in [0.4, 0.5) is 5.69 Å². The first-order chi connectivity index (χ1) is 15.7. The first-order valence-electron chi connectivity index (χ1n) is 10.6. The lowest BCUT2D eigenvalue weighted by Gasteiger charge is -2.15. The number of rotatable bonds is 9. The lowest BCUT2D eigenvalue weighted by molar-refractivity contribution is 0.0527. The molecule has 7 heteroatoms.